The van der Waals surface area contributed by atoms with Crippen LogP contribution in [0.25, 0.3) is 27.8 Å². The zero-order chi connectivity index (χ0) is 18.0. The standard InChI is InChI=1S/C19H15NO5/c1-11(21)15(19(23)24-2)16-12-7-3-4-8-13(12)18(22)25-17(16)14-9-5-6-10-20-14/h3-10,21H,1-2H3/b15-11+. The number of aromatic nitrogens is 1. The number of hydrogen-bond acceptors (Lipinski definition) is 6. The predicted octanol–water partition coefficient (Wildman–Crippen LogP) is 3.32. The van der Waals surface area contributed by atoms with E-state index >= 15 is 0 Å². The van der Waals surface area contributed by atoms with Crippen molar-refractivity contribution in [3.63, 3.8) is 0 Å². The zero-order valence-corrected chi connectivity index (χ0v) is 13.6. The predicted molar refractivity (Wildman–Crippen MR) is 93.0 cm³/mol. The van der Waals surface area contributed by atoms with Crippen molar-refractivity contribution in [3.8, 4) is 11.5 Å². The van der Waals surface area contributed by atoms with E-state index in [0.717, 1.165) is 0 Å². The summed E-state index contributed by atoms with van der Waals surface area (Å²) in [5.41, 5.74) is -0.00771. The van der Waals surface area contributed by atoms with Crippen LogP contribution in [-0.2, 0) is 9.53 Å². The van der Waals surface area contributed by atoms with Crippen LogP contribution in [0.4, 0.5) is 0 Å². The molecule has 0 amide bonds. The van der Waals surface area contributed by atoms with Crippen molar-refractivity contribution < 1.29 is 19.1 Å². The molecule has 0 fully saturated rings. The van der Waals surface area contributed by atoms with Crippen LogP contribution in [-0.4, -0.2) is 23.2 Å². The summed E-state index contributed by atoms with van der Waals surface area (Å²) in [6.45, 7) is 1.37. The number of allylic oxidation sites excluding steroid dienone is 1. The maximum absolute atomic E-state index is 12.4. The van der Waals surface area contributed by atoms with Crippen LogP contribution in [0.5, 0.6) is 0 Å². The number of carbonyl (C=O) groups is 1. The number of rotatable bonds is 3. The van der Waals surface area contributed by atoms with Gasteiger partial charge in [-0.15, -0.1) is 0 Å². The molecule has 6 nitrogen and oxygen atoms in total. The third-order valence-corrected chi connectivity index (χ3v) is 3.74. The van der Waals surface area contributed by atoms with E-state index in [1.165, 1.54) is 14.0 Å². The summed E-state index contributed by atoms with van der Waals surface area (Å²) >= 11 is 0. The molecule has 25 heavy (non-hydrogen) atoms. The van der Waals surface area contributed by atoms with Crippen molar-refractivity contribution in [1.29, 1.82) is 0 Å². The topological polar surface area (TPSA) is 89.6 Å². The number of methoxy groups -OCH3 is 1. The average Bonchev–Trinajstić information content (AvgIpc) is 2.64. The largest absolute Gasteiger partial charge is 0.512 e. The van der Waals surface area contributed by atoms with Crippen LogP contribution in [0.2, 0.25) is 0 Å². The molecule has 2 aromatic heterocycles. The lowest BCUT2D eigenvalue weighted by molar-refractivity contribution is -0.133. The number of carbonyl (C=O) groups excluding carboxylic acids is 1. The van der Waals surface area contributed by atoms with Crippen LogP contribution < -0.4 is 5.63 Å². The van der Waals surface area contributed by atoms with Crippen LogP contribution in [0.15, 0.2) is 63.6 Å². The Morgan fingerprint density at radius 1 is 1.12 bits per heavy atom. The Morgan fingerprint density at radius 3 is 2.40 bits per heavy atom. The van der Waals surface area contributed by atoms with Gasteiger partial charge in [-0.25, -0.2) is 9.59 Å². The maximum Gasteiger partial charge on any atom is 0.344 e. The van der Waals surface area contributed by atoms with Gasteiger partial charge in [0.1, 0.15) is 17.0 Å². The number of hydrogen-bond donors (Lipinski definition) is 1. The molecule has 0 bridgehead atoms. The molecule has 0 aliphatic rings. The molecule has 3 rings (SSSR count). The van der Waals surface area contributed by atoms with Crippen molar-refractivity contribution >= 4 is 22.3 Å². The minimum absolute atomic E-state index is 0.0805. The second-order valence-corrected chi connectivity index (χ2v) is 5.31. The van der Waals surface area contributed by atoms with Crippen LogP contribution in [0.3, 0.4) is 0 Å². The van der Waals surface area contributed by atoms with Crippen molar-refractivity contribution in [2.24, 2.45) is 0 Å². The first kappa shape index (κ1) is 16.4. The third kappa shape index (κ3) is 2.89. The molecule has 0 radical (unpaired) electrons. The summed E-state index contributed by atoms with van der Waals surface area (Å²) in [6, 6.07) is 11.8. The second kappa shape index (κ2) is 6.60. The number of aliphatic hydroxyl groups is 1. The van der Waals surface area contributed by atoms with Crippen molar-refractivity contribution in [2.45, 2.75) is 6.92 Å². The van der Waals surface area contributed by atoms with Gasteiger partial charge >= 0.3 is 11.6 Å². The molecule has 0 spiro atoms. The van der Waals surface area contributed by atoms with E-state index in [2.05, 4.69) is 4.98 Å². The lowest BCUT2D eigenvalue weighted by Gasteiger charge is -2.13. The fraction of sp³-hybridized carbons (Fsp3) is 0.105. The van der Waals surface area contributed by atoms with E-state index in [1.807, 2.05) is 0 Å². The minimum Gasteiger partial charge on any atom is -0.512 e. The van der Waals surface area contributed by atoms with Crippen molar-refractivity contribution in [2.75, 3.05) is 7.11 Å². The third-order valence-electron chi connectivity index (χ3n) is 3.74. The fourth-order valence-corrected chi connectivity index (χ4v) is 2.66. The molecule has 3 aromatic rings. The molecule has 6 heteroatoms. The van der Waals surface area contributed by atoms with Gasteiger partial charge in [0.05, 0.1) is 12.5 Å². The number of esters is 1. The summed E-state index contributed by atoms with van der Waals surface area (Å²) < 4.78 is 10.3. The zero-order valence-electron chi connectivity index (χ0n) is 13.6. The van der Waals surface area contributed by atoms with Gasteiger partial charge in [0.25, 0.3) is 0 Å². The molecular weight excluding hydrogens is 322 g/mol. The van der Waals surface area contributed by atoms with E-state index in [1.54, 1.807) is 48.7 Å². The van der Waals surface area contributed by atoms with Crippen LogP contribution in [0.1, 0.15) is 12.5 Å². The molecule has 0 aliphatic carbocycles. The number of aliphatic hydroxyl groups excluding tert-OH is 1. The Balaban J connectivity index is 2.51. The Kier molecular flexibility index (Phi) is 4.35. The van der Waals surface area contributed by atoms with Gasteiger partial charge in [-0.3, -0.25) is 4.98 Å². The summed E-state index contributed by atoms with van der Waals surface area (Å²) in [5.74, 6) is -0.891. The van der Waals surface area contributed by atoms with Gasteiger partial charge in [-0.1, -0.05) is 24.3 Å². The molecule has 1 aromatic carbocycles. The molecule has 0 saturated carbocycles. The highest BCUT2D eigenvalue weighted by molar-refractivity contribution is 6.22. The molecule has 0 atom stereocenters. The highest BCUT2D eigenvalue weighted by atomic mass is 16.5. The van der Waals surface area contributed by atoms with E-state index < -0.39 is 11.6 Å². The molecule has 126 valence electrons. The van der Waals surface area contributed by atoms with Crippen molar-refractivity contribution in [1.82, 2.24) is 4.98 Å². The number of benzene rings is 1. The first-order valence-electron chi connectivity index (χ1n) is 7.50. The van der Waals surface area contributed by atoms with Gasteiger partial charge in [-0.2, -0.15) is 0 Å². The fourth-order valence-electron chi connectivity index (χ4n) is 2.66. The molecule has 0 saturated heterocycles. The Labute approximate surface area is 143 Å². The lowest BCUT2D eigenvalue weighted by Crippen LogP contribution is -2.11. The summed E-state index contributed by atoms with van der Waals surface area (Å²) in [4.78, 5) is 28.8. The maximum atomic E-state index is 12.4. The van der Waals surface area contributed by atoms with Gasteiger partial charge in [0.15, 0.2) is 5.76 Å². The number of nitrogens with zero attached hydrogens (tertiary/aromatic N) is 1. The highest BCUT2D eigenvalue weighted by Gasteiger charge is 2.26. The Bertz CT molecular complexity index is 1030. The smallest absolute Gasteiger partial charge is 0.344 e. The van der Waals surface area contributed by atoms with Gasteiger partial charge in [0, 0.05) is 17.1 Å². The van der Waals surface area contributed by atoms with Crippen LogP contribution in [0, 0.1) is 0 Å². The van der Waals surface area contributed by atoms with E-state index in [0.29, 0.717) is 16.5 Å². The van der Waals surface area contributed by atoms with Crippen molar-refractivity contribution in [3.05, 3.63) is 70.4 Å². The second-order valence-electron chi connectivity index (χ2n) is 5.31. The molecular formula is C19H15NO5. The number of pyridine rings is 1. The normalized spacial score (nSPS) is 11.9. The Hall–Kier alpha value is -3.41. The van der Waals surface area contributed by atoms with Gasteiger partial charge in [0.2, 0.25) is 0 Å². The Morgan fingerprint density at radius 2 is 1.80 bits per heavy atom. The summed E-state index contributed by atoms with van der Waals surface area (Å²) in [6.07, 6.45) is 1.54. The summed E-state index contributed by atoms with van der Waals surface area (Å²) in [7, 11) is 1.22. The molecule has 0 aliphatic heterocycles. The van der Waals surface area contributed by atoms with Gasteiger partial charge < -0.3 is 14.3 Å². The van der Waals surface area contributed by atoms with Crippen LogP contribution >= 0.6 is 0 Å². The van der Waals surface area contributed by atoms with E-state index in [4.69, 9.17) is 9.15 Å². The number of fused-ring (bicyclic) bond motifs is 1. The molecule has 2 heterocycles. The first-order valence-corrected chi connectivity index (χ1v) is 7.50. The van der Waals surface area contributed by atoms with Gasteiger partial charge in [-0.05, 0) is 25.1 Å². The number of ether oxygens (including phenoxy) is 1. The average molecular weight is 337 g/mol. The summed E-state index contributed by atoms with van der Waals surface area (Å²) in [5, 5.41) is 10.9. The quantitative estimate of drug-likeness (QED) is 0.448. The van der Waals surface area contributed by atoms with E-state index in [-0.39, 0.29) is 22.7 Å². The molecule has 1 N–H and O–H groups in total. The minimum atomic E-state index is -0.740. The molecule has 0 unspecified atom stereocenters. The SMILES string of the molecule is COC(=O)/C(=C(\C)O)c1c(-c2ccccn2)oc(=O)c2ccccc12. The highest BCUT2D eigenvalue weighted by Crippen LogP contribution is 2.34. The lowest BCUT2D eigenvalue weighted by atomic mass is 9.96. The first-order chi connectivity index (χ1) is 12.0. The van der Waals surface area contributed by atoms with E-state index in [9.17, 15) is 14.7 Å². The monoisotopic (exact) mass is 337 g/mol.